The molecule has 0 saturated heterocycles. The van der Waals surface area contributed by atoms with Crippen LogP contribution in [0, 0.1) is 17.0 Å². The first-order chi connectivity index (χ1) is 14.4. The van der Waals surface area contributed by atoms with E-state index in [-0.39, 0.29) is 24.0 Å². The number of aliphatic imine (C=N–C) groups is 1. The van der Waals surface area contributed by atoms with Gasteiger partial charge in [-0.3, -0.25) is 20.2 Å². The Kier molecular flexibility index (Phi) is 6.16. The lowest BCUT2D eigenvalue weighted by Gasteiger charge is -2.07. The Morgan fingerprint density at radius 1 is 1.23 bits per heavy atom. The lowest BCUT2D eigenvalue weighted by atomic mass is 10.1. The van der Waals surface area contributed by atoms with E-state index < -0.39 is 10.8 Å². The molecule has 0 aliphatic rings. The molecule has 0 spiro atoms. The zero-order valence-electron chi connectivity index (χ0n) is 16.5. The summed E-state index contributed by atoms with van der Waals surface area (Å²) in [7, 11) is 0. The van der Waals surface area contributed by atoms with E-state index in [0.717, 1.165) is 11.1 Å². The van der Waals surface area contributed by atoms with E-state index in [1.54, 1.807) is 12.1 Å². The quantitative estimate of drug-likeness (QED) is 0.276. The monoisotopic (exact) mass is 408 g/mol. The smallest absolute Gasteiger partial charge is 0.269 e. The van der Waals surface area contributed by atoms with Crippen LogP contribution in [0.2, 0.25) is 0 Å². The molecule has 3 aromatic rings. The van der Waals surface area contributed by atoms with Gasteiger partial charge in [0.1, 0.15) is 5.75 Å². The fraction of sp³-hybridized carbons (Fsp3) is 0.200. The number of amides is 1. The van der Waals surface area contributed by atoms with Gasteiger partial charge >= 0.3 is 0 Å². The molecule has 154 valence electrons. The van der Waals surface area contributed by atoms with E-state index in [0.29, 0.717) is 23.4 Å². The number of carbonyl (C=O) groups excluding carboxylic acids is 1. The highest BCUT2D eigenvalue weighted by molar-refractivity contribution is 5.97. The predicted molar refractivity (Wildman–Crippen MR) is 112 cm³/mol. The zero-order valence-corrected chi connectivity index (χ0v) is 16.5. The third-order valence-electron chi connectivity index (χ3n) is 4.16. The summed E-state index contributed by atoms with van der Waals surface area (Å²) in [5, 5.41) is 14.0. The molecular formula is C20H20N6O4. The van der Waals surface area contributed by atoms with E-state index in [1.807, 2.05) is 19.9 Å². The second kappa shape index (κ2) is 8.95. The van der Waals surface area contributed by atoms with Crippen molar-refractivity contribution in [3.05, 3.63) is 63.8 Å². The Bertz CT molecular complexity index is 1130. The summed E-state index contributed by atoms with van der Waals surface area (Å²) in [4.78, 5) is 35.1. The van der Waals surface area contributed by atoms with Crippen molar-refractivity contribution in [1.82, 2.24) is 15.3 Å². The van der Waals surface area contributed by atoms with Crippen LogP contribution in [0.15, 0.2) is 47.5 Å². The molecular weight excluding hydrogens is 388 g/mol. The second-order valence-corrected chi connectivity index (χ2v) is 6.37. The van der Waals surface area contributed by atoms with Crippen molar-refractivity contribution < 1.29 is 14.5 Å². The molecule has 3 N–H and O–H groups in total. The molecule has 0 saturated carbocycles. The average molecular weight is 408 g/mol. The van der Waals surface area contributed by atoms with E-state index >= 15 is 0 Å². The highest BCUT2D eigenvalue weighted by Gasteiger charge is 2.10. The molecule has 0 fully saturated rings. The number of fused-ring (bicyclic) bond motifs is 1. The minimum Gasteiger partial charge on any atom is -0.494 e. The number of aromatic nitrogens is 2. The number of aryl methyl sites for hydroxylation is 1. The van der Waals surface area contributed by atoms with Crippen LogP contribution in [0.25, 0.3) is 10.9 Å². The topological polar surface area (TPSA) is 146 Å². The first-order valence-corrected chi connectivity index (χ1v) is 9.14. The second-order valence-electron chi connectivity index (χ2n) is 6.37. The number of non-ortho nitro benzene ring substituents is 1. The number of ether oxygens (including phenoxy) is 1. The molecule has 0 aliphatic carbocycles. The molecule has 30 heavy (non-hydrogen) atoms. The number of rotatable bonds is 6. The molecule has 3 rings (SSSR count). The maximum absolute atomic E-state index is 12.1. The minimum absolute atomic E-state index is 0.00791. The average Bonchev–Trinajstić information content (AvgIpc) is 2.69. The van der Waals surface area contributed by atoms with Gasteiger partial charge in [-0.2, -0.15) is 4.99 Å². The van der Waals surface area contributed by atoms with Crippen LogP contribution in [-0.4, -0.2) is 33.4 Å². The lowest BCUT2D eigenvalue weighted by Crippen LogP contribution is -2.37. The third kappa shape index (κ3) is 5.04. The number of nitrogens with one attached hydrogen (secondary N) is 1. The standard InChI is InChI=1S/C20H20N6O4/c1-3-30-15-8-9-17-16(11-15)12(2)22-20(23-17)25-19(21)24-18(27)10-13-4-6-14(7-5-13)26(28)29/h4-9,11H,3,10H2,1-2H3,(H3,21,22,23,24,25,27). The highest BCUT2D eigenvalue weighted by Crippen LogP contribution is 2.23. The molecule has 0 unspecified atom stereocenters. The van der Waals surface area contributed by atoms with Crippen LogP contribution < -0.4 is 15.8 Å². The number of carbonyl (C=O) groups is 1. The first kappa shape index (κ1) is 20.6. The molecule has 0 bridgehead atoms. The van der Waals surface area contributed by atoms with Crippen LogP contribution in [0.1, 0.15) is 18.2 Å². The van der Waals surface area contributed by atoms with Gasteiger partial charge in [-0.15, -0.1) is 0 Å². The van der Waals surface area contributed by atoms with Gasteiger partial charge in [0.05, 0.1) is 29.2 Å². The van der Waals surface area contributed by atoms with Crippen molar-refractivity contribution in [3.63, 3.8) is 0 Å². The summed E-state index contributed by atoms with van der Waals surface area (Å²) in [5.41, 5.74) is 7.75. The van der Waals surface area contributed by atoms with Crippen molar-refractivity contribution in [2.45, 2.75) is 20.3 Å². The molecule has 10 heteroatoms. The first-order valence-electron chi connectivity index (χ1n) is 9.14. The van der Waals surface area contributed by atoms with Gasteiger partial charge in [-0.1, -0.05) is 12.1 Å². The van der Waals surface area contributed by atoms with E-state index in [4.69, 9.17) is 10.5 Å². The van der Waals surface area contributed by atoms with Gasteiger partial charge in [0, 0.05) is 17.5 Å². The van der Waals surface area contributed by atoms with Crippen LogP contribution in [0.4, 0.5) is 11.6 Å². The summed E-state index contributed by atoms with van der Waals surface area (Å²) in [6, 6.07) is 11.2. The molecule has 1 aromatic heterocycles. The lowest BCUT2D eigenvalue weighted by molar-refractivity contribution is -0.384. The Labute approximate surface area is 172 Å². The van der Waals surface area contributed by atoms with E-state index in [2.05, 4.69) is 20.3 Å². The van der Waals surface area contributed by atoms with Crippen molar-refractivity contribution >= 4 is 34.4 Å². The highest BCUT2D eigenvalue weighted by atomic mass is 16.6. The van der Waals surface area contributed by atoms with Crippen molar-refractivity contribution in [2.24, 2.45) is 10.7 Å². The van der Waals surface area contributed by atoms with Gasteiger partial charge in [-0.05, 0) is 37.6 Å². The fourth-order valence-electron chi connectivity index (χ4n) is 2.80. The van der Waals surface area contributed by atoms with Crippen LogP contribution in [0.5, 0.6) is 5.75 Å². The largest absolute Gasteiger partial charge is 0.494 e. The van der Waals surface area contributed by atoms with Gasteiger partial charge in [0.15, 0.2) is 0 Å². The number of nitrogens with two attached hydrogens (primary N) is 1. The van der Waals surface area contributed by atoms with E-state index in [9.17, 15) is 14.9 Å². The van der Waals surface area contributed by atoms with Gasteiger partial charge in [-0.25, -0.2) is 9.97 Å². The molecule has 0 aliphatic heterocycles. The summed E-state index contributed by atoms with van der Waals surface area (Å²) >= 11 is 0. The Balaban J connectivity index is 1.71. The third-order valence-corrected chi connectivity index (χ3v) is 4.16. The molecule has 1 heterocycles. The Hall–Kier alpha value is -4.08. The van der Waals surface area contributed by atoms with Gasteiger partial charge < -0.3 is 10.5 Å². The SMILES string of the molecule is CCOc1ccc2nc(N=C(N)NC(=O)Cc3ccc([N+](=O)[O-])cc3)nc(C)c2c1. The minimum atomic E-state index is -0.502. The normalized spacial score (nSPS) is 11.3. The van der Waals surface area contributed by atoms with Gasteiger partial charge in [0.25, 0.3) is 11.6 Å². The molecule has 1 amide bonds. The van der Waals surface area contributed by atoms with Crippen molar-refractivity contribution in [2.75, 3.05) is 6.61 Å². The maximum Gasteiger partial charge on any atom is 0.269 e. The number of hydrogen-bond donors (Lipinski definition) is 2. The molecule has 10 nitrogen and oxygen atoms in total. The summed E-state index contributed by atoms with van der Waals surface area (Å²) in [6.07, 6.45) is -0.00791. The Morgan fingerprint density at radius 2 is 1.97 bits per heavy atom. The molecule has 0 atom stereocenters. The Morgan fingerprint density at radius 3 is 2.63 bits per heavy atom. The fourth-order valence-corrected chi connectivity index (χ4v) is 2.80. The zero-order chi connectivity index (χ0) is 21.7. The number of benzene rings is 2. The predicted octanol–water partition coefficient (Wildman–Crippen LogP) is 2.55. The number of nitro groups is 1. The summed E-state index contributed by atoms with van der Waals surface area (Å²) in [5.74, 6) is 0.291. The number of nitrogens with zero attached hydrogens (tertiary/aromatic N) is 4. The number of guanidine groups is 1. The van der Waals surface area contributed by atoms with Crippen molar-refractivity contribution in [3.8, 4) is 5.75 Å². The summed E-state index contributed by atoms with van der Waals surface area (Å²) < 4.78 is 5.49. The van der Waals surface area contributed by atoms with Crippen LogP contribution in [-0.2, 0) is 11.2 Å². The number of nitro benzene ring substituents is 1. The molecule has 0 radical (unpaired) electrons. The van der Waals surface area contributed by atoms with Gasteiger partial charge in [0.2, 0.25) is 11.9 Å². The molecule has 2 aromatic carbocycles. The van der Waals surface area contributed by atoms with Crippen LogP contribution in [0.3, 0.4) is 0 Å². The van der Waals surface area contributed by atoms with E-state index in [1.165, 1.54) is 24.3 Å². The van der Waals surface area contributed by atoms with Crippen LogP contribution >= 0.6 is 0 Å². The maximum atomic E-state index is 12.1. The number of hydrogen-bond acceptors (Lipinski definition) is 7. The summed E-state index contributed by atoms with van der Waals surface area (Å²) in [6.45, 7) is 4.29. The van der Waals surface area contributed by atoms with Crippen molar-refractivity contribution in [1.29, 1.82) is 0 Å².